The Kier molecular flexibility index (Phi) is 123. The molecule has 777 valence electrons. The number of amidine groups is 1. The number of nitrogens with one attached hydrogen (secondary N) is 7. The summed E-state index contributed by atoms with van der Waals surface area (Å²) in [7, 11) is 59.1. The van der Waals surface area contributed by atoms with Crippen LogP contribution in [-0.4, -0.2) is 432 Å². The van der Waals surface area contributed by atoms with Crippen LogP contribution in [0.3, 0.4) is 0 Å². The Morgan fingerprint density at radius 1 is 0.438 bits per heavy atom. The molecule has 0 spiro atoms. The minimum atomic E-state index is -0.716. The zero-order valence-electron chi connectivity index (χ0n) is 82.6. The van der Waals surface area contributed by atoms with Crippen LogP contribution in [0.5, 0.6) is 0 Å². The second-order valence-electron chi connectivity index (χ2n) is 26.9. The van der Waals surface area contributed by atoms with Crippen molar-refractivity contribution in [3.05, 3.63) is 0 Å². The van der Waals surface area contributed by atoms with E-state index in [2.05, 4.69) is 288 Å². The molecule has 5 heterocycles. The molecule has 5 rings (SSSR count). The zero-order chi connectivity index (χ0) is 106. The summed E-state index contributed by atoms with van der Waals surface area (Å²) < 4.78 is 15.2. The molecular formula is C68H127FeN24Na2S41Zn. The molecule has 69 heteroatoms. The molecule has 0 bridgehead atoms. The van der Waals surface area contributed by atoms with Gasteiger partial charge in [-0.25, -0.2) is 0 Å². The molecule has 0 aromatic heterocycles. The molecule has 1 radical (unpaired) electrons. The van der Waals surface area contributed by atoms with Crippen LogP contribution in [0.25, 0.3) is 0 Å². The number of rotatable bonds is 15. The topological polar surface area (TPSA) is 148 Å². The van der Waals surface area contributed by atoms with E-state index >= 15 is 0 Å². The largest absolute Gasteiger partial charge is 3.00 e. The van der Waals surface area contributed by atoms with Gasteiger partial charge in [0.2, 0.25) is 0 Å². The van der Waals surface area contributed by atoms with Gasteiger partial charge in [0.25, 0.3) is 0 Å². The molecule has 24 nitrogen and oxygen atoms in total. The normalized spacial score (nSPS) is 14.6. The first-order valence-corrected chi connectivity index (χ1v) is 72.1. The summed E-state index contributed by atoms with van der Waals surface area (Å²) in [6.45, 7) is 28.3. The standard InChI is InChI=1S/C12H22N4S4.C10H18N4S8.C10H20N2S4.C6H12N2S4.C5H10N2S2.C4H8N2S4.C4H4N2S3.5C3H7NS2.C2H5NS2.Fe.2Na.Zn/c1-7-13-9(3)19-11(17)15(7)5-6-16-8(2)14-10(4)20-12(16)18;1-13(2)9(17)21-19-7(15)11-5-6-12-8(16)20-22-10(18)14(3)4;1-5-11(6-2)9(13)15-16-10(14)12(7-3)8-4;1-7(2)5(9)11-12-6(10)8(3)4;1-6-3-7(2)5(8)9-4-6;7-3(8)5-1-2-6-4(9)10;7-4-6-2-1-5-3(6)8-9-4;5*1-4(2)3(5)6;1-3-2(4)5;;;;/h7-10,13-14H,5-6H2,1-4H3;5-6H2,1-4H3,(H,11,15)(H,12,16);5-8H2,1-4H3;1-4H3;3-4H2,1-2H3;1-2H2,(H2,5,7,8)(H2,6,9,10);1-2H2;5*1-2H3,(H,5,6);1H3,(H2,3,4,5);;;;/q;;;;;;;;;;;;;+3;2*+1;+2/p-7. The van der Waals surface area contributed by atoms with Crippen LogP contribution in [0.4, 0.5) is 0 Å². The van der Waals surface area contributed by atoms with E-state index in [1.807, 2.05) is 183 Å². The molecule has 0 amide bonds. The minimum absolute atomic E-state index is 0. The van der Waals surface area contributed by atoms with Gasteiger partial charge in [-0.3, -0.25) is 20.5 Å². The van der Waals surface area contributed by atoms with Crippen LogP contribution < -0.4 is 96.3 Å². The number of thiol groups is 1. The summed E-state index contributed by atoms with van der Waals surface area (Å²) in [4.78, 5) is 36.1. The molecule has 4 fully saturated rings. The van der Waals surface area contributed by atoms with E-state index < -0.39 is 14.7 Å². The predicted octanol–water partition coefficient (Wildman–Crippen LogP) is 10.7. The van der Waals surface area contributed by atoms with Gasteiger partial charge in [0.1, 0.15) is 51.8 Å². The Labute approximate surface area is 1080 Å². The van der Waals surface area contributed by atoms with Crippen molar-refractivity contribution < 1.29 is 90.9 Å². The third kappa shape index (κ3) is 98.6. The van der Waals surface area contributed by atoms with Gasteiger partial charge in [0.05, 0.1) is 42.2 Å². The zero-order valence-corrected chi connectivity index (χ0v) is 124. The van der Waals surface area contributed by atoms with Gasteiger partial charge in [-0.2, -0.15) is 0 Å². The average molecular weight is 2760 g/mol. The average Bonchev–Trinajstić information content (AvgIpc) is 1.60. The fraction of sp³-hybridized carbons (Fsp3) is 0.691. The summed E-state index contributed by atoms with van der Waals surface area (Å²) in [5.41, 5.74) is 0. The first kappa shape index (κ1) is 164. The van der Waals surface area contributed by atoms with Gasteiger partial charge in [0.15, 0.2) is 9.49 Å². The van der Waals surface area contributed by atoms with Gasteiger partial charge in [-0.05, 0) is 170 Å². The van der Waals surface area contributed by atoms with Crippen molar-refractivity contribution in [1.82, 2.24) is 116 Å². The van der Waals surface area contributed by atoms with Gasteiger partial charge in [0, 0.05) is 185 Å². The minimum Gasteiger partial charge on any atom is -0.412 e. The third-order valence-electron chi connectivity index (χ3n) is 13.9. The Balaban J connectivity index is -0.000000164. The third-order valence-corrected chi connectivity index (χ3v) is 54.2. The van der Waals surface area contributed by atoms with Crippen molar-refractivity contribution in [2.24, 2.45) is 4.99 Å². The Morgan fingerprint density at radius 2 is 0.715 bits per heavy atom. The Bertz CT molecular complexity index is 3430. The first-order valence-electron chi connectivity index (χ1n) is 38.8. The fourth-order valence-corrected chi connectivity index (χ4v) is 38.0. The summed E-state index contributed by atoms with van der Waals surface area (Å²) in [5, 5.41) is 23.4. The Hall–Kier alpha value is 7.19. The number of thiocarbonyl (C=S) groups is 20. The number of fused-ring (bicyclic) bond motifs is 1. The van der Waals surface area contributed by atoms with Crippen molar-refractivity contribution in [3.8, 4) is 0 Å². The van der Waals surface area contributed by atoms with Gasteiger partial charge >= 0.3 is 181 Å². The smallest absolute Gasteiger partial charge is 0.412 e. The molecule has 5 aliphatic heterocycles. The van der Waals surface area contributed by atoms with Crippen LogP contribution in [0, 0.1) is 0 Å². The van der Waals surface area contributed by atoms with E-state index in [1.54, 1.807) is 100 Å². The number of aliphatic imine (C=N–C) groups is 1. The maximum absolute atomic E-state index is 5.50. The maximum Gasteiger partial charge on any atom is 3.00 e. The van der Waals surface area contributed by atoms with Crippen molar-refractivity contribution in [1.29, 1.82) is 0 Å². The molecule has 7 N–H and O–H groups in total. The van der Waals surface area contributed by atoms with Crippen LogP contribution in [-0.2, 0) is 94.9 Å². The Morgan fingerprint density at radius 3 is 0.949 bits per heavy atom. The summed E-state index contributed by atoms with van der Waals surface area (Å²) in [6, 6.07) is 0. The second kappa shape index (κ2) is 102. The molecule has 5 aliphatic rings. The number of hydrogen-bond donors (Lipinski definition) is 8. The van der Waals surface area contributed by atoms with Gasteiger partial charge < -0.3 is 215 Å². The van der Waals surface area contributed by atoms with Crippen LogP contribution >= 0.6 is 420 Å². The van der Waals surface area contributed by atoms with Crippen LogP contribution in [0.2, 0.25) is 0 Å². The van der Waals surface area contributed by atoms with Crippen molar-refractivity contribution >= 4 is 574 Å². The van der Waals surface area contributed by atoms with E-state index in [-0.39, 0.29) is 88.5 Å². The first-order chi connectivity index (χ1) is 62.0. The van der Waals surface area contributed by atoms with Crippen LogP contribution in [0.1, 0.15) is 55.4 Å². The number of hydrogen-bond acceptors (Lipinski definition) is 44. The fourth-order valence-electron chi connectivity index (χ4n) is 6.75. The number of thioether (sulfide) groups is 3. The molecule has 0 saturated carbocycles. The molecule has 137 heavy (non-hydrogen) atoms. The predicted molar refractivity (Wildman–Crippen MR) is 724 cm³/mol. The monoisotopic (exact) mass is 2760 g/mol. The van der Waals surface area contributed by atoms with Gasteiger partial charge in [-0.15, -0.1) is 12.6 Å². The van der Waals surface area contributed by atoms with E-state index in [0.717, 1.165) is 122 Å². The van der Waals surface area contributed by atoms with Crippen molar-refractivity contribution in [2.75, 3.05) is 239 Å². The summed E-state index contributed by atoms with van der Waals surface area (Å²) in [6.07, 6.45) is 0.568. The van der Waals surface area contributed by atoms with Crippen molar-refractivity contribution in [2.45, 2.75) is 78.5 Å². The molecular weight excluding hydrogens is 2630 g/mol. The molecule has 0 aliphatic carbocycles. The van der Waals surface area contributed by atoms with E-state index in [0.29, 0.717) is 71.5 Å². The van der Waals surface area contributed by atoms with Gasteiger partial charge in [-0.1, -0.05) is 216 Å². The van der Waals surface area contributed by atoms with Crippen molar-refractivity contribution in [3.63, 3.8) is 0 Å². The SMILES string of the molecule is CC1NC(C)N(CCN2C(=S)SC(C)NC2C)C(=S)S1.CCN(CC)C(=S)SSC(=S)N(CC)CC.CN(C)C(=S)SSC(=S)N(C)C.CN(C)C(=S)SSC(=S)NCCNC(=S)SSC(=S)N(C)C.CN(C)C(=S)[S-].CN(C)C(=S)[S-].CN(C)C(=S)[S-].CN(C)C(=S)[S][Zn][S]C(=S)N(C)C.CN1CSC(=S)N(C)C1.CNC(=S)S.S=C([S-])NCCNC(=S)[S-].S=C1SSC2=NCCN12.[Fe+3].[Na+].[Na+]. The maximum atomic E-state index is 5.50. The van der Waals surface area contributed by atoms with E-state index in [9.17, 15) is 0 Å². The van der Waals surface area contributed by atoms with E-state index in [1.165, 1.54) is 64.8 Å². The quantitative estimate of drug-likeness (QED) is 0.0196. The molecule has 4 saturated heterocycles. The number of nitrogens with zero attached hydrogens (tertiary/aromatic N) is 17. The second-order valence-corrected chi connectivity index (χ2v) is 66.9. The van der Waals surface area contributed by atoms with E-state index in [4.69, 9.17) is 171 Å². The van der Waals surface area contributed by atoms with Crippen LogP contribution in [0.15, 0.2) is 4.99 Å². The molecule has 0 aromatic carbocycles. The summed E-state index contributed by atoms with van der Waals surface area (Å²) in [5.74, 6) is 1.03. The summed E-state index contributed by atoms with van der Waals surface area (Å²) >= 11 is 131. The molecule has 4 atom stereocenters. The molecule has 0 aromatic rings. The molecule has 4 unspecified atom stereocenters.